The SMILES string of the molecule is COc1ccc(C(=O)NCC(=O)NNC(=O)c2ccc(CSc3nc4ccccc4[nH]3)cc2)cc1. The lowest BCUT2D eigenvalue weighted by molar-refractivity contribution is -0.120. The fourth-order valence-electron chi connectivity index (χ4n) is 3.15. The van der Waals surface area contributed by atoms with Gasteiger partial charge in [0.05, 0.1) is 24.7 Å². The van der Waals surface area contributed by atoms with Gasteiger partial charge < -0.3 is 15.0 Å². The summed E-state index contributed by atoms with van der Waals surface area (Å²) >= 11 is 1.57. The highest BCUT2D eigenvalue weighted by Crippen LogP contribution is 2.23. The van der Waals surface area contributed by atoms with Crippen LogP contribution in [0.5, 0.6) is 5.75 Å². The van der Waals surface area contributed by atoms with Crippen molar-refractivity contribution >= 4 is 40.5 Å². The molecule has 0 aliphatic heterocycles. The number of benzene rings is 3. The molecule has 1 aromatic heterocycles. The summed E-state index contributed by atoms with van der Waals surface area (Å²) in [5, 5.41) is 3.32. The van der Waals surface area contributed by atoms with Crippen LogP contribution in [0.25, 0.3) is 11.0 Å². The van der Waals surface area contributed by atoms with Gasteiger partial charge in [-0.3, -0.25) is 25.2 Å². The molecule has 0 spiro atoms. The fourth-order valence-corrected chi connectivity index (χ4v) is 3.99. The number of methoxy groups -OCH3 is 1. The molecule has 0 saturated heterocycles. The van der Waals surface area contributed by atoms with E-state index in [0.29, 0.717) is 22.6 Å². The normalized spacial score (nSPS) is 10.5. The quantitative estimate of drug-likeness (QED) is 0.223. The Balaban J connectivity index is 1.20. The minimum Gasteiger partial charge on any atom is -0.497 e. The Morgan fingerprint density at radius 3 is 2.29 bits per heavy atom. The van der Waals surface area contributed by atoms with Crippen LogP contribution in [-0.4, -0.2) is 41.3 Å². The molecule has 4 rings (SSSR count). The molecule has 35 heavy (non-hydrogen) atoms. The number of fused-ring (bicyclic) bond motifs is 1. The van der Waals surface area contributed by atoms with Crippen LogP contribution in [-0.2, 0) is 10.5 Å². The van der Waals surface area contributed by atoms with Crippen molar-refractivity contribution in [2.45, 2.75) is 10.9 Å². The number of hydrazine groups is 1. The number of carbonyl (C=O) groups excluding carboxylic acids is 3. The van der Waals surface area contributed by atoms with E-state index in [9.17, 15) is 14.4 Å². The molecule has 0 bridgehead atoms. The Bertz CT molecular complexity index is 1300. The highest BCUT2D eigenvalue weighted by atomic mass is 32.2. The van der Waals surface area contributed by atoms with Crippen LogP contribution in [0, 0.1) is 0 Å². The van der Waals surface area contributed by atoms with Crippen LogP contribution in [0.4, 0.5) is 0 Å². The minimum atomic E-state index is -0.556. The van der Waals surface area contributed by atoms with Gasteiger partial charge in [0.25, 0.3) is 17.7 Å². The highest BCUT2D eigenvalue weighted by Gasteiger charge is 2.11. The zero-order chi connectivity index (χ0) is 24.6. The summed E-state index contributed by atoms with van der Waals surface area (Å²) in [6.45, 7) is -0.289. The second kappa shape index (κ2) is 11.2. The van der Waals surface area contributed by atoms with E-state index in [1.165, 1.54) is 7.11 Å². The van der Waals surface area contributed by atoms with E-state index in [1.54, 1.807) is 48.2 Å². The van der Waals surface area contributed by atoms with E-state index < -0.39 is 17.7 Å². The van der Waals surface area contributed by atoms with Gasteiger partial charge in [0.2, 0.25) is 0 Å². The summed E-state index contributed by atoms with van der Waals surface area (Å²) in [7, 11) is 1.53. The van der Waals surface area contributed by atoms with Crippen LogP contribution in [0.3, 0.4) is 0 Å². The van der Waals surface area contributed by atoms with Crippen molar-refractivity contribution < 1.29 is 19.1 Å². The summed E-state index contributed by atoms with van der Waals surface area (Å²) in [6.07, 6.45) is 0. The molecular formula is C25H23N5O4S. The van der Waals surface area contributed by atoms with E-state index in [4.69, 9.17) is 4.74 Å². The average Bonchev–Trinajstić information content (AvgIpc) is 3.32. The van der Waals surface area contributed by atoms with Crippen molar-refractivity contribution in [2.75, 3.05) is 13.7 Å². The van der Waals surface area contributed by atoms with Gasteiger partial charge in [-0.15, -0.1) is 0 Å². The van der Waals surface area contributed by atoms with Gasteiger partial charge in [0, 0.05) is 16.9 Å². The summed E-state index contributed by atoms with van der Waals surface area (Å²) in [6, 6.07) is 21.4. The molecule has 0 saturated carbocycles. The number of aromatic amines is 1. The Morgan fingerprint density at radius 2 is 1.57 bits per heavy atom. The van der Waals surface area contributed by atoms with Crippen LogP contribution >= 0.6 is 11.8 Å². The summed E-state index contributed by atoms with van der Waals surface area (Å²) in [5.74, 6) is -0.118. The lowest BCUT2D eigenvalue weighted by Crippen LogP contribution is -2.46. The molecule has 0 unspecified atom stereocenters. The van der Waals surface area contributed by atoms with Crippen molar-refractivity contribution in [2.24, 2.45) is 0 Å². The molecule has 0 radical (unpaired) electrons. The van der Waals surface area contributed by atoms with Crippen molar-refractivity contribution in [1.82, 2.24) is 26.1 Å². The molecule has 0 fully saturated rings. The highest BCUT2D eigenvalue weighted by molar-refractivity contribution is 7.98. The zero-order valence-corrected chi connectivity index (χ0v) is 19.6. The average molecular weight is 490 g/mol. The second-order valence-electron chi connectivity index (χ2n) is 7.46. The fraction of sp³-hybridized carbons (Fsp3) is 0.120. The number of hydrogen-bond donors (Lipinski definition) is 4. The molecular weight excluding hydrogens is 466 g/mol. The van der Waals surface area contributed by atoms with E-state index in [-0.39, 0.29) is 6.54 Å². The first kappa shape index (κ1) is 23.8. The van der Waals surface area contributed by atoms with Crippen LogP contribution < -0.4 is 20.9 Å². The van der Waals surface area contributed by atoms with Gasteiger partial charge in [-0.05, 0) is 54.1 Å². The molecule has 0 aliphatic rings. The first-order valence-corrected chi connectivity index (χ1v) is 11.7. The smallest absolute Gasteiger partial charge is 0.269 e. The number of para-hydroxylation sites is 2. The summed E-state index contributed by atoms with van der Waals surface area (Å²) in [5.41, 5.74) is 8.35. The lowest BCUT2D eigenvalue weighted by atomic mass is 10.1. The number of rotatable bonds is 8. The van der Waals surface area contributed by atoms with Gasteiger partial charge in [-0.1, -0.05) is 36.0 Å². The first-order valence-electron chi connectivity index (χ1n) is 10.7. The van der Waals surface area contributed by atoms with Gasteiger partial charge in [-0.25, -0.2) is 4.98 Å². The van der Waals surface area contributed by atoms with Crippen molar-refractivity contribution in [1.29, 1.82) is 0 Å². The van der Waals surface area contributed by atoms with E-state index in [1.807, 2.05) is 36.4 Å². The van der Waals surface area contributed by atoms with Gasteiger partial charge in [0.1, 0.15) is 5.75 Å². The number of aromatic nitrogens is 2. The monoisotopic (exact) mass is 489 g/mol. The Morgan fingerprint density at radius 1 is 0.886 bits per heavy atom. The number of carbonyl (C=O) groups is 3. The Kier molecular flexibility index (Phi) is 7.63. The van der Waals surface area contributed by atoms with Crippen molar-refractivity contribution in [3.63, 3.8) is 0 Å². The van der Waals surface area contributed by atoms with E-state index in [0.717, 1.165) is 21.8 Å². The predicted octanol–water partition coefficient (Wildman–Crippen LogP) is 3.05. The standard InChI is InChI=1S/C25H23N5O4S/c1-34-19-12-10-17(11-13-19)23(32)26-14-22(31)29-30-24(33)18-8-6-16(7-9-18)15-35-25-27-20-4-2-3-5-21(20)28-25/h2-13H,14-15H2,1H3,(H,26,32)(H,27,28)(H,29,31)(H,30,33). The topological polar surface area (TPSA) is 125 Å². The number of imidazole rings is 1. The van der Waals surface area contributed by atoms with E-state index >= 15 is 0 Å². The molecule has 1 heterocycles. The Hall–Kier alpha value is -4.31. The number of nitrogens with zero attached hydrogens (tertiary/aromatic N) is 1. The molecule has 3 aromatic carbocycles. The third-order valence-electron chi connectivity index (χ3n) is 5.04. The van der Waals surface area contributed by atoms with E-state index in [2.05, 4.69) is 26.1 Å². The predicted molar refractivity (Wildman–Crippen MR) is 133 cm³/mol. The molecule has 3 amide bonds. The third-order valence-corrected chi connectivity index (χ3v) is 5.98. The van der Waals surface area contributed by atoms with Gasteiger partial charge in [-0.2, -0.15) is 0 Å². The van der Waals surface area contributed by atoms with Gasteiger partial charge in [0.15, 0.2) is 5.16 Å². The maximum Gasteiger partial charge on any atom is 0.269 e. The Labute approximate surface area is 205 Å². The lowest BCUT2D eigenvalue weighted by Gasteiger charge is -2.09. The molecule has 4 N–H and O–H groups in total. The number of hydrogen-bond acceptors (Lipinski definition) is 6. The zero-order valence-electron chi connectivity index (χ0n) is 18.8. The molecule has 178 valence electrons. The number of H-pyrrole nitrogens is 1. The molecule has 9 nitrogen and oxygen atoms in total. The maximum atomic E-state index is 12.3. The largest absolute Gasteiger partial charge is 0.497 e. The summed E-state index contributed by atoms with van der Waals surface area (Å²) in [4.78, 5) is 44.2. The molecule has 0 aliphatic carbocycles. The molecule has 10 heteroatoms. The van der Waals surface area contributed by atoms with Crippen LogP contribution in [0.15, 0.2) is 78.0 Å². The van der Waals surface area contributed by atoms with Gasteiger partial charge >= 0.3 is 0 Å². The number of amides is 3. The number of nitrogens with one attached hydrogen (secondary N) is 4. The third kappa shape index (κ3) is 6.39. The minimum absolute atomic E-state index is 0.289. The van der Waals surface area contributed by atoms with Crippen molar-refractivity contribution in [3.8, 4) is 5.75 Å². The maximum absolute atomic E-state index is 12.3. The van der Waals surface area contributed by atoms with Crippen molar-refractivity contribution in [3.05, 3.63) is 89.5 Å². The van der Waals surface area contributed by atoms with Crippen LogP contribution in [0.2, 0.25) is 0 Å². The number of ether oxygens (including phenoxy) is 1. The molecule has 4 aromatic rings. The van der Waals surface area contributed by atoms with Crippen LogP contribution in [0.1, 0.15) is 26.3 Å². The number of thioether (sulfide) groups is 1. The second-order valence-corrected chi connectivity index (χ2v) is 8.42. The first-order chi connectivity index (χ1) is 17.0. The molecule has 0 atom stereocenters. The summed E-state index contributed by atoms with van der Waals surface area (Å²) < 4.78 is 5.04.